The number of hydrogen-bond acceptors (Lipinski definition) is 2. The number of aliphatic hydroxyl groups excluding tert-OH is 1. The molecule has 0 aliphatic heterocycles. The quantitative estimate of drug-likeness (QED) is 0.845. The molecule has 0 bridgehead atoms. The summed E-state index contributed by atoms with van der Waals surface area (Å²) in [5, 5.41) is 10.4. The molecule has 1 N–H and O–H groups in total. The van der Waals surface area contributed by atoms with Crippen molar-refractivity contribution in [1.29, 1.82) is 0 Å². The first-order valence-corrected chi connectivity index (χ1v) is 6.41. The zero-order chi connectivity index (χ0) is 11.4. The van der Waals surface area contributed by atoms with Gasteiger partial charge >= 0.3 is 0 Å². The van der Waals surface area contributed by atoms with Gasteiger partial charge in [0.1, 0.15) is 0 Å². The summed E-state index contributed by atoms with van der Waals surface area (Å²) in [6.45, 7) is 2.24. The van der Waals surface area contributed by atoms with E-state index in [4.69, 9.17) is 0 Å². The largest absolute Gasteiger partial charge is 0.388 e. The standard InChI is InChI=1S/C14H21NO/c1-2-11-6-3-4-8-13(11)14(16)12-7-5-9-15-10-12/h5,7,9-11,13-14,16H,2-4,6,8H2,1H3. The van der Waals surface area contributed by atoms with Crippen LogP contribution in [-0.4, -0.2) is 10.1 Å². The van der Waals surface area contributed by atoms with E-state index in [-0.39, 0.29) is 6.10 Å². The Bertz CT molecular complexity index is 312. The number of aliphatic hydroxyl groups is 1. The average molecular weight is 219 g/mol. The molecule has 1 saturated carbocycles. The van der Waals surface area contributed by atoms with Crippen LogP contribution in [-0.2, 0) is 0 Å². The molecule has 1 aliphatic rings. The Morgan fingerprint density at radius 1 is 1.44 bits per heavy atom. The molecule has 1 aliphatic carbocycles. The fourth-order valence-corrected chi connectivity index (χ4v) is 2.96. The molecule has 0 radical (unpaired) electrons. The molecule has 2 heteroatoms. The van der Waals surface area contributed by atoms with E-state index in [1.165, 1.54) is 25.7 Å². The minimum atomic E-state index is -0.320. The van der Waals surface area contributed by atoms with Gasteiger partial charge in [-0.05, 0) is 29.9 Å². The Morgan fingerprint density at radius 3 is 2.94 bits per heavy atom. The predicted molar refractivity (Wildman–Crippen MR) is 64.9 cm³/mol. The second-order valence-electron chi connectivity index (χ2n) is 4.85. The van der Waals surface area contributed by atoms with E-state index >= 15 is 0 Å². The molecule has 16 heavy (non-hydrogen) atoms. The van der Waals surface area contributed by atoms with Crippen LogP contribution in [0.25, 0.3) is 0 Å². The fraction of sp³-hybridized carbons (Fsp3) is 0.643. The highest BCUT2D eigenvalue weighted by Crippen LogP contribution is 2.39. The van der Waals surface area contributed by atoms with E-state index in [0.29, 0.717) is 11.8 Å². The normalized spacial score (nSPS) is 27.6. The number of nitrogens with zero attached hydrogens (tertiary/aromatic N) is 1. The van der Waals surface area contributed by atoms with Gasteiger partial charge in [-0.2, -0.15) is 0 Å². The minimum Gasteiger partial charge on any atom is -0.388 e. The SMILES string of the molecule is CCC1CCCCC1C(O)c1cccnc1. The first-order chi connectivity index (χ1) is 7.83. The molecule has 3 atom stereocenters. The predicted octanol–water partition coefficient (Wildman–Crippen LogP) is 3.33. The Morgan fingerprint density at radius 2 is 2.25 bits per heavy atom. The molecule has 0 aromatic carbocycles. The monoisotopic (exact) mass is 219 g/mol. The number of pyridine rings is 1. The Balaban J connectivity index is 2.10. The molecule has 1 fully saturated rings. The van der Waals surface area contributed by atoms with E-state index in [0.717, 1.165) is 12.0 Å². The van der Waals surface area contributed by atoms with Crippen LogP contribution in [0.1, 0.15) is 50.7 Å². The highest BCUT2D eigenvalue weighted by Gasteiger charge is 2.30. The van der Waals surface area contributed by atoms with Gasteiger partial charge in [-0.3, -0.25) is 4.98 Å². The third-order valence-electron chi connectivity index (χ3n) is 3.92. The van der Waals surface area contributed by atoms with Crippen LogP contribution in [0.5, 0.6) is 0 Å². The van der Waals surface area contributed by atoms with Crippen molar-refractivity contribution in [3.8, 4) is 0 Å². The van der Waals surface area contributed by atoms with Crippen molar-refractivity contribution in [1.82, 2.24) is 4.98 Å². The van der Waals surface area contributed by atoms with Crippen LogP contribution in [0.3, 0.4) is 0 Å². The first kappa shape index (κ1) is 11.6. The van der Waals surface area contributed by atoms with Crippen molar-refractivity contribution >= 4 is 0 Å². The zero-order valence-electron chi connectivity index (χ0n) is 9.97. The summed E-state index contributed by atoms with van der Waals surface area (Å²) in [7, 11) is 0. The molecular weight excluding hydrogens is 198 g/mol. The second kappa shape index (κ2) is 5.44. The van der Waals surface area contributed by atoms with Crippen LogP contribution < -0.4 is 0 Å². The molecule has 0 saturated heterocycles. The first-order valence-electron chi connectivity index (χ1n) is 6.41. The lowest BCUT2D eigenvalue weighted by molar-refractivity contribution is 0.0450. The lowest BCUT2D eigenvalue weighted by Crippen LogP contribution is -2.25. The summed E-state index contributed by atoms with van der Waals surface area (Å²) in [6, 6.07) is 3.89. The summed E-state index contributed by atoms with van der Waals surface area (Å²) in [6.07, 6.45) is 9.45. The van der Waals surface area contributed by atoms with E-state index in [9.17, 15) is 5.11 Å². The van der Waals surface area contributed by atoms with Crippen LogP contribution in [0.15, 0.2) is 24.5 Å². The van der Waals surface area contributed by atoms with Crippen LogP contribution in [0.2, 0.25) is 0 Å². The molecular formula is C14H21NO. The molecule has 1 aromatic heterocycles. The summed E-state index contributed by atoms with van der Waals surface area (Å²) >= 11 is 0. The van der Waals surface area contributed by atoms with Crippen LogP contribution in [0.4, 0.5) is 0 Å². The molecule has 0 amide bonds. The third kappa shape index (κ3) is 2.43. The van der Waals surface area contributed by atoms with Crippen molar-refractivity contribution in [2.24, 2.45) is 11.8 Å². The Hall–Kier alpha value is -0.890. The molecule has 2 rings (SSSR count). The van der Waals surface area contributed by atoms with Crippen molar-refractivity contribution in [2.45, 2.75) is 45.1 Å². The number of rotatable bonds is 3. The van der Waals surface area contributed by atoms with Gasteiger partial charge in [0.25, 0.3) is 0 Å². The van der Waals surface area contributed by atoms with Gasteiger partial charge < -0.3 is 5.11 Å². The van der Waals surface area contributed by atoms with Gasteiger partial charge in [0.15, 0.2) is 0 Å². The summed E-state index contributed by atoms with van der Waals surface area (Å²) in [5.41, 5.74) is 0.979. The Kier molecular flexibility index (Phi) is 3.94. The fourth-order valence-electron chi connectivity index (χ4n) is 2.96. The van der Waals surface area contributed by atoms with Gasteiger partial charge in [0.2, 0.25) is 0 Å². The van der Waals surface area contributed by atoms with E-state index < -0.39 is 0 Å². The van der Waals surface area contributed by atoms with Gasteiger partial charge in [-0.1, -0.05) is 38.7 Å². The summed E-state index contributed by atoms with van der Waals surface area (Å²) in [4.78, 5) is 4.09. The Labute approximate surface area is 97.7 Å². The van der Waals surface area contributed by atoms with E-state index in [1.807, 2.05) is 12.1 Å². The molecule has 1 heterocycles. The topological polar surface area (TPSA) is 33.1 Å². The van der Waals surface area contributed by atoms with Crippen molar-refractivity contribution in [3.63, 3.8) is 0 Å². The zero-order valence-corrected chi connectivity index (χ0v) is 9.97. The van der Waals surface area contributed by atoms with Gasteiger partial charge in [0, 0.05) is 12.4 Å². The highest BCUT2D eigenvalue weighted by molar-refractivity contribution is 5.13. The van der Waals surface area contributed by atoms with Gasteiger partial charge in [0.05, 0.1) is 6.10 Å². The molecule has 0 spiro atoms. The van der Waals surface area contributed by atoms with Gasteiger partial charge in [-0.25, -0.2) is 0 Å². The van der Waals surface area contributed by atoms with Crippen LogP contribution >= 0.6 is 0 Å². The maximum absolute atomic E-state index is 10.4. The van der Waals surface area contributed by atoms with Gasteiger partial charge in [-0.15, -0.1) is 0 Å². The van der Waals surface area contributed by atoms with E-state index in [1.54, 1.807) is 12.4 Å². The number of aromatic nitrogens is 1. The van der Waals surface area contributed by atoms with Crippen molar-refractivity contribution in [3.05, 3.63) is 30.1 Å². The maximum atomic E-state index is 10.4. The second-order valence-corrected chi connectivity index (χ2v) is 4.85. The van der Waals surface area contributed by atoms with Crippen molar-refractivity contribution in [2.75, 3.05) is 0 Å². The molecule has 88 valence electrons. The minimum absolute atomic E-state index is 0.320. The molecule has 2 nitrogen and oxygen atoms in total. The highest BCUT2D eigenvalue weighted by atomic mass is 16.3. The summed E-state index contributed by atoms with van der Waals surface area (Å²) < 4.78 is 0. The van der Waals surface area contributed by atoms with Crippen molar-refractivity contribution < 1.29 is 5.11 Å². The molecule has 1 aromatic rings. The lowest BCUT2D eigenvalue weighted by atomic mass is 9.74. The average Bonchev–Trinajstić information content (AvgIpc) is 2.39. The lowest BCUT2D eigenvalue weighted by Gasteiger charge is -2.34. The maximum Gasteiger partial charge on any atom is 0.0835 e. The summed E-state index contributed by atoms with van der Waals surface area (Å²) in [5.74, 6) is 1.12. The molecule has 3 unspecified atom stereocenters. The number of hydrogen-bond donors (Lipinski definition) is 1. The van der Waals surface area contributed by atoms with E-state index in [2.05, 4.69) is 11.9 Å². The third-order valence-corrected chi connectivity index (χ3v) is 3.92. The van der Waals surface area contributed by atoms with Crippen LogP contribution in [0, 0.1) is 11.8 Å². The smallest absolute Gasteiger partial charge is 0.0835 e.